The molecule has 0 radical (unpaired) electrons. The van der Waals surface area contributed by atoms with Crippen molar-refractivity contribution in [2.45, 2.75) is 83.8 Å². The standard InChI is InChI=1S/C23H34O3S/c1-16(2)27(25,26)15-18-9-12-19(13-10-18)23(24)14-20-11-8-17(3)21-6-4-5-7-22(20)21/h8,11,16,18-19H,4-7,9-10,12-15H2,1-3H3. The average Bonchev–Trinajstić information content (AvgIpc) is 2.64. The topological polar surface area (TPSA) is 51.2 Å². The van der Waals surface area contributed by atoms with Crippen molar-refractivity contribution in [3.05, 3.63) is 34.4 Å². The highest BCUT2D eigenvalue weighted by atomic mass is 32.2. The zero-order valence-corrected chi connectivity index (χ0v) is 17.9. The molecule has 3 nitrogen and oxygen atoms in total. The summed E-state index contributed by atoms with van der Waals surface area (Å²) in [6.07, 6.45) is 8.75. The van der Waals surface area contributed by atoms with Crippen molar-refractivity contribution >= 4 is 15.6 Å². The smallest absolute Gasteiger partial charge is 0.152 e. The number of rotatable bonds is 6. The molecule has 0 bridgehead atoms. The molecule has 150 valence electrons. The molecule has 0 spiro atoms. The predicted molar refractivity (Wildman–Crippen MR) is 111 cm³/mol. The molecule has 1 saturated carbocycles. The van der Waals surface area contributed by atoms with Gasteiger partial charge in [-0.3, -0.25) is 4.79 Å². The molecule has 3 rings (SSSR count). The van der Waals surface area contributed by atoms with Crippen LogP contribution in [0.2, 0.25) is 0 Å². The van der Waals surface area contributed by atoms with Crippen LogP contribution in [-0.4, -0.2) is 25.2 Å². The Morgan fingerprint density at radius 2 is 1.67 bits per heavy atom. The lowest BCUT2D eigenvalue weighted by Gasteiger charge is -2.28. The molecule has 1 fully saturated rings. The summed E-state index contributed by atoms with van der Waals surface area (Å²) in [6.45, 7) is 5.70. The molecule has 2 aliphatic rings. The number of hydrogen-bond acceptors (Lipinski definition) is 3. The summed E-state index contributed by atoms with van der Waals surface area (Å²) in [5.41, 5.74) is 5.53. The molecule has 27 heavy (non-hydrogen) atoms. The van der Waals surface area contributed by atoms with Gasteiger partial charge < -0.3 is 0 Å². The van der Waals surface area contributed by atoms with Crippen LogP contribution in [0.25, 0.3) is 0 Å². The molecule has 4 heteroatoms. The summed E-state index contributed by atoms with van der Waals surface area (Å²) in [7, 11) is -2.98. The van der Waals surface area contributed by atoms with E-state index in [2.05, 4.69) is 19.1 Å². The minimum atomic E-state index is -2.98. The lowest BCUT2D eigenvalue weighted by atomic mass is 9.78. The Bertz CT molecular complexity index is 784. The maximum Gasteiger partial charge on any atom is 0.152 e. The van der Waals surface area contributed by atoms with Gasteiger partial charge in [-0.2, -0.15) is 0 Å². The number of carbonyl (C=O) groups excluding carboxylic acids is 1. The minimum absolute atomic E-state index is 0.114. The highest BCUT2D eigenvalue weighted by molar-refractivity contribution is 7.91. The average molecular weight is 391 g/mol. The van der Waals surface area contributed by atoms with Crippen LogP contribution in [0.4, 0.5) is 0 Å². The third-order valence-corrected chi connectivity index (χ3v) is 9.09. The lowest BCUT2D eigenvalue weighted by Crippen LogP contribution is -2.29. The van der Waals surface area contributed by atoms with E-state index in [0.29, 0.717) is 12.2 Å². The Balaban J connectivity index is 1.59. The van der Waals surface area contributed by atoms with Crippen molar-refractivity contribution in [3.8, 4) is 0 Å². The number of fused-ring (bicyclic) bond motifs is 1. The van der Waals surface area contributed by atoms with Crippen molar-refractivity contribution in [2.75, 3.05) is 5.75 Å². The van der Waals surface area contributed by atoms with Gasteiger partial charge in [0.1, 0.15) is 5.78 Å². The van der Waals surface area contributed by atoms with E-state index in [1.54, 1.807) is 13.8 Å². The summed E-state index contributed by atoms with van der Waals surface area (Å²) in [4.78, 5) is 12.9. The van der Waals surface area contributed by atoms with E-state index in [4.69, 9.17) is 0 Å². The number of hydrogen-bond donors (Lipinski definition) is 0. The number of aryl methyl sites for hydroxylation is 1. The fourth-order valence-electron chi connectivity index (χ4n) is 4.79. The van der Waals surface area contributed by atoms with E-state index in [-0.39, 0.29) is 22.8 Å². The van der Waals surface area contributed by atoms with Gasteiger partial charge in [0.25, 0.3) is 0 Å². The van der Waals surface area contributed by atoms with Crippen LogP contribution >= 0.6 is 0 Å². The van der Waals surface area contributed by atoms with E-state index < -0.39 is 9.84 Å². The summed E-state index contributed by atoms with van der Waals surface area (Å²) < 4.78 is 24.3. The van der Waals surface area contributed by atoms with Gasteiger partial charge in [0.2, 0.25) is 0 Å². The summed E-state index contributed by atoms with van der Waals surface area (Å²) in [5.74, 6) is 0.991. The number of carbonyl (C=O) groups is 1. The minimum Gasteiger partial charge on any atom is -0.299 e. The Kier molecular flexibility index (Phi) is 6.45. The zero-order chi connectivity index (χ0) is 19.6. The molecular formula is C23H34O3S. The molecule has 0 amide bonds. The molecule has 1 aromatic carbocycles. The van der Waals surface area contributed by atoms with Gasteiger partial charge >= 0.3 is 0 Å². The van der Waals surface area contributed by atoms with Gasteiger partial charge in [-0.1, -0.05) is 12.1 Å². The van der Waals surface area contributed by atoms with Crippen LogP contribution in [-0.2, 0) is 33.9 Å². The van der Waals surface area contributed by atoms with Gasteiger partial charge in [-0.05, 0) is 100 Å². The van der Waals surface area contributed by atoms with E-state index in [9.17, 15) is 13.2 Å². The largest absolute Gasteiger partial charge is 0.299 e. The Labute approximate surface area is 164 Å². The quantitative estimate of drug-likeness (QED) is 0.712. The van der Waals surface area contributed by atoms with Gasteiger partial charge in [-0.15, -0.1) is 0 Å². The fraction of sp³-hybridized carbons (Fsp3) is 0.696. The molecule has 0 unspecified atom stereocenters. The molecule has 2 aliphatic carbocycles. The van der Waals surface area contributed by atoms with Gasteiger partial charge in [-0.25, -0.2) is 8.42 Å². The molecule has 0 saturated heterocycles. The SMILES string of the molecule is Cc1ccc(CC(=O)C2CCC(CS(=O)(=O)C(C)C)CC2)c2c1CCCC2. The maximum absolute atomic E-state index is 12.9. The van der Waals surface area contributed by atoms with Crippen LogP contribution in [0.5, 0.6) is 0 Å². The van der Waals surface area contributed by atoms with Crippen molar-refractivity contribution in [1.82, 2.24) is 0 Å². The summed E-state index contributed by atoms with van der Waals surface area (Å²) >= 11 is 0. The monoisotopic (exact) mass is 390 g/mol. The first-order chi connectivity index (χ1) is 12.8. The van der Waals surface area contributed by atoms with Crippen molar-refractivity contribution < 1.29 is 13.2 Å². The first kappa shape index (κ1) is 20.6. The van der Waals surface area contributed by atoms with Gasteiger partial charge in [0.05, 0.1) is 11.0 Å². The van der Waals surface area contributed by atoms with Gasteiger partial charge in [0, 0.05) is 12.3 Å². The molecule has 0 aliphatic heterocycles. The highest BCUT2D eigenvalue weighted by Gasteiger charge is 2.30. The lowest BCUT2D eigenvalue weighted by molar-refractivity contribution is -0.123. The normalized spacial score (nSPS) is 23.3. The maximum atomic E-state index is 12.9. The van der Waals surface area contributed by atoms with Crippen LogP contribution in [0, 0.1) is 18.8 Å². The number of ketones is 1. The van der Waals surface area contributed by atoms with Crippen LogP contribution in [0.3, 0.4) is 0 Å². The third kappa shape index (κ3) is 4.82. The predicted octanol–water partition coefficient (Wildman–Crippen LogP) is 4.62. The summed E-state index contributed by atoms with van der Waals surface area (Å²) in [5, 5.41) is -0.301. The molecule has 1 aromatic rings. The Morgan fingerprint density at radius 1 is 1.04 bits per heavy atom. The summed E-state index contributed by atoms with van der Waals surface area (Å²) in [6, 6.07) is 4.35. The Hall–Kier alpha value is -1.16. The molecule has 0 heterocycles. The van der Waals surface area contributed by atoms with E-state index in [1.165, 1.54) is 35.1 Å². The number of sulfone groups is 1. The van der Waals surface area contributed by atoms with Crippen LogP contribution < -0.4 is 0 Å². The first-order valence-electron chi connectivity index (χ1n) is 10.6. The van der Waals surface area contributed by atoms with Crippen molar-refractivity contribution in [2.24, 2.45) is 11.8 Å². The number of benzene rings is 1. The second-order valence-corrected chi connectivity index (χ2v) is 11.5. The molecule has 0 aromatic heterocycles. The molecule has 0 atom stereocenters. The molecular weight excluding hydrogens is 356 g/mol. The molecule has 0 N–H and O–H groups in total. The first-order valence-corrected chi connectivity index (χ1v) is 12.3. The second-order valence-electron chi connectivity index (χ2n) is 8.94. The Morgan fingerprint density at radius 3 is 2.30 bits per heavy atom. The van der Waals surface area contributed by atoms with Crippen LogP contribution in [0.1, 0.15) is 74.6 Å². The van der Waals surface area contributed by atoms with Crippen molar-refractivity contribution in [1.29, 1.82) is 0 Å². The van der Waals surface area contributed by atoms with E-state index in [1.807, 2.05) is 0 Å². The highest BCUT2D eigenvalue weighted by Crippen LogP contribution is 2.33. The second kappa shape index (κ2) is 8.46. The van der Waals surface area contributed by atoms with E-state index in [0.717, 1.165) is 38.5 Å². The fourth-order valence-corrected chi connectivity index (χ4v) is 6.17. The van der Waals surface area contributed by atoms with E-state index >= 15 is 0 Å². The van der Waals surface area contributed by atoms with Crippen LogP contribution in [0.15, 0.2) is 12.1 Å². The van der Waals surface area contributed by atoms with Crippen molar-refractivity contribution in [3.63, 3.8) is 0 Å². The zero-order valence-electron chi connectivity index (χ0n) is 17.1. The third-order valence-electron chi connectivity index (χ3n) is 6.72. The number of Topliss-reactive ketones (excluding diaryl/α,β-unsaturated/α-hetero) is 1. The van der Waals surface area contributed by atoms with Gasteiger partial charge in [0.15, 0.2) is 9.84 Å².